The van der Waals surface area contributed by atoms with E-state index in [9.17, 15) is 4.39 Å². The lowest BCUT2D eigenvalue weighted by Gasteiger charge is -2.34. The number of hydrogen-bond acceptors (Lipinski definition) is 3. The smallest absolute Gasteiger partial charge is 0.128 e. The zero-order chi connectivity index (χ0) is 14.5. The van der Waals surface area contributed by atoms with Crippen LogP contribution in [0.1, 0.15) is 19.8 Å². The molecule has 2 unspecified atom stereocenters. The Morgan fingerprint density at radius 2 is 2.24 bits per heavy atom. The number of ether oxygens (including phenoxy) is 1. The van der Waals surface area contributed by atoms with Crippen molar-refractivity contribution < 1.29 is 9.13 Å². The van der Waals surface area contributed by atoms with Crippen LogP contribution in [0.15, 0.2) is 22.7 Å². The Morgan fingerprint density at radius 3 is 2.90 bits per heavy atom. The fourth-order valence-corrected chi connectivity index (χ4v) is 3.07. The van der Waals surface area contributed by atoms with E-state index in [2.05, 4.69) is 27.8 Å². The molecular formula is C15H23BrClFN2O. The Bertz CT molecular complexity index is 427. The number of benzene rings is 1. The highest BCUT2D eigenvalue weighted by Crippen LogP contribution is 2.21. The number of likely N-dealkylation sites (tertiary alicyclic amines) is 1. The summed E-state index contributed by atoms with van der Waals surface area (Å²) in [5.74, 6) is 0.856. The van der Waals surface area contributed by atoms with Gasteiger partial charge in [0.1, 0.15) is 18.2 Å². The van der Waals surface area contributed by atoms with Gasteiger partial charge in [-0.3, -0.25) is 4.90 Å². The third kappa shape index (κ3) is 6.10. The van der Waals surface area contributed by atoms with Gasteiger partial charge in [0, 0.05) is 29.7 Å². The van der Waals surface area contributed by atoms with Gasteiger partial charge in [-0.15, -0.1) is 12.4 Å². The summed E-state index contributed by atoms with van der Waals surface area (Å²) in [5.41, 5.74) is 5.98. The highest BCUT2D eigenvalue weighted by atomic mass is 79.9. The zero-order valence-corrected chi connectivity index (χ0v) is 14.6. The van der Waals surface area contributed by atoms with Crippen molar-refractivity contribution in [3.8, 4) is 5.75 Å². The number of rotatable bonds is 5. The molecule has 1 aromatic rings. The molecule has 1 fully saturated rings. The van der Waals surface area contributed by atoms with Crippen LogP contribution in [0.5, 0.6) is 5.75 Å². The maximum atomic E-state index is 13.2. The van der Waals surface area contributed by atoms with Crippen molar-refractivity contribution in [1.29, 1.82) is 0 Å². The third-order valence-electron chi connectivity index (χ3n) is 3.80. The van der Waals surface area contributed by atoms with Crippen LogP contribution in [-0.2, 0) is 0 Å². The Hall–Kier alpha value is -0.360. The molecule has 0 radical (unpaired) electrons. The van der Waals surface area contributed by atoms with Crippen LogP contribution < -0.4 is 10.5 Å². The molecule has 2 atom stereocenters. The van der Waals surface area contributed by atoms with Crippen LogP contribution in [-0.4, -0.2) is 37.2 Å². The summed E-state index contributed by atoms with van der Waals surface area (Å²) in [6.45, 7) is 5.64. The van der Waals surface area contributed by atoms with E-state index in [4.69, 9.17) is 10.5 Å². The molecule has 6 heteroatoms. The molecule has 0 saturated carbocycles. The van der Waals surface area contributed by atoms with Gasteiger partial charge in [0.05, 0.1) is 0 Å². The average molecular weight is 382 g/mol. The number of halogens is 3. The first-order valence-corrected chi connectivity index (χ1v) is 7.91. The summed E-state index contributed by atoms with van der Waals surface area (Å²) >= 11 is 3.26. The van der Waals surface area contributed by atoms with Crippen molar-refractivity contribution in [2.45, 2.75) is 25.8 Å². The third-order valence-corrected chi connectivity index (χ3v) is 4.26. The van der Waals surface area contributed by atoms with Crippen LogP contribution in [0.2, 0.25) is 0 Å². The van der Waals surface area contributed by atoms with Gasteiger partial charge in [0.15, 0.2) is 0 Å². The van der Waals surface area contributed by atoms with Gasteiger partial charge in [0.25, 0.3) is 0 Å². The fraction of sp³-hybridized carbons (Fsp3) is 0.600. The topological polar surface area (TPSA) is 38.5 Å². The van der Waals surface area contributed by atoms with Crippen molar-refractivity contribution in [2.75, 3.05) is 26.2 Å². The predicted octanol–water partition coefficient (Wildman–Crippen LogP) is 3.45. The van der Waals surface area contributed by atoms with Gasteiger partial charge < -0.3 is 10.5 Å². The molecule has 0 bridgehead atoms. The lowest BCUT2D eigenvalue weighted by Crippen LogP contribution is -2.43. The van der Waals surface area contributed by atoms with Gasteiger partial charge >= 0.3 is 0 Å². The summed E-state index contributed by atoms with van der Waals surface area (Å²) in [6, 6.07) is 4.86. The quantitative estimate of drug-likeness (QED) is 0.849. The van der Waals surface area contributed by atoms with Crippen molar-refractivity contribution in [3.63, 3.8) is 0 Å². The Labute approximate surface area is 140 Å². The maximum absolute atomic E-state index is 13.2. The number of piperidine rings is 1. The first-order chi connectivity index (χ1) is 9.54. The maximum Gasteiger partial charge on any atom is 0.128 e. The Kier molecular flexibility index (Phi) is 7.95. The second-order valence-electron chi connectivity index (χ2n) is 5.52. The number of nitrogens with zero attached hydrogens (tertiary/aromatic N) is 1. The van der Waals surface area contributed by atoms with Crippen LogP contribution in [0.4, 0.5) is 4.39 Å². The van der Waals surface area contributed by atoms with E-state index in [1.807, 2.05) is 0 Å². The molecular weight excluding hydrogens is 359 g/mol. The first kappa shape index (κ1) is 18.7. The van der Waals surface area contributed by atoms with Gasteiger partial charge in [-0.2, -0.15) is 0 Å². The monoisotopic (exact) mass is 380 g/mol. The van der Waals surface area contributed by atoms with E-state index in [1.165, 1.54) is 25.0 Å². The van der Waals surface area contributed by atoms with E-state index >= 15 is 0 Å². The molecule has 2 N–H and O–H groups in total. The van der Waals surface area contributed by atoms with E-state index in [0.29, 0.717) is 22.7 Å². The molecule has 0 aromatic heterocycles. The molecule has 120 valence electrons. The Balaban J connectivity index is 0.00000220. The summed E-state index contributed by atoms with van der Waals surface area (Å²) in [4.78, 5) is 2.38. The minimum Gasteiger partial charge on any atom is -0.492 e. The normalized spacial score (nSPS) is 20.7. The second kappa shape index (κ2) is 8.93. The van der Waals surface area contributed by atoms with Crippen LogP contribution in [0.3, 0.4) is 0 Å². The van der Waals surface area contributed by atoms with Crippen LogP contribution >= 0.6 is 28.3 Å². The summed E-state index contributed by atoms with van der Waals surface area (Å²) < 4.78 is 19.5. The fourth-order valence-electron chi connectivity index (χ4n) is 2.63. The Morgan fingerprint density at radius 1 is 1.48 bits per heavy atom. The standard InChI is InChI=1S/C15H22BrFN2O.ClH/c1-11(18)12-3-2-4-19(10-12)5-6-20-15-8-13(16)7-14(17)9-15;/h7-9,11-12H,2-6,10,18H2,1H3;1H. The lowest BCUT2D eigenvalue weighted by atomic mass is 9.92. The van der Waals surface area contributed by atoms with Gasteiger partial charge in [0.2, 0.25) is 0 Å². The molecule has 1 aliphatic heterocycles. The van der Waals surface area contributed by atoms with Crippen molar-refractivity contribution in [1.82, 2.24) is 4.90 Å². The lowest BCUT2D eigenvalue weighted by molar-refractivity contribution is 0.137. The zero-order valence-electron chi connectivity index (χ0n) is 12.2. The van der Waals surface area contributed by atoms with E-state index in [1.54, 1.807) is 6.07 Å². The van der Waals surface area contributed by atoms with Crippen molar-refractivity contribution in [2.24, 2.45) is 11.7 Å². The number of nitrogens with two attached hydrogens (primary N) is 1. The molecule has 1 aliphatic rings. The molecule has 1 saturated heterocycles. The molecule has 1 aromatic carbocycles. The molecule has 0 amide bonds. The summed E-state index contributed by atoms with van der Waals surface area (Å²) in [5, 5.41) is 0. The largest absolute Gasteiger partial charge is 0.492 e. The highest BCUT2D eigenvalue weighted by molar-refractivity contribution is 9.10. The number of hydrogen-bond donors (Lipinski definition) is 1. The second-order valence-corrected chi connectivity index (χ2v) is 6.43. The molecule has 2 rings (SSSR count). The van der Waals surface area contributed by atoms with E-state index in [0.717, 1.165) is 19.6 Å². The molecule has 0 aliphatic carbocycles. The predicted molar refractivity (Wildman–Crippen MR) is 89.7 cm³/mol. The SMILES string of the molecule is CC(N)C1CCCN(CCOc2cc(F)cc(Br)c2)C1.Cl. The van der Waals surface area contributed by atoms with Gasteiger partial charge in [-0.25, -0.2) is 4.39 Å². The molecule has 21 heavy (non-hydrogen) atoms. The molecule has 3 nitrogen and oxygen atoms in total. The van der Waals surface area contributed by atoms with Gasteiger partial charge in [-0.05, 0) is 44.4 Å². The van der Waals surface area contributed by atoms with E-state index < -0.39 is 0 Å². The van der Waals surface area contributed by atoms with Crippen LogP contribution in [0, 0.1) is 11.7 Å². The minimum absolute atomic E-state index is 0. The van der Waals surface area contributed by atoms with Crippen LogP contribution in [0.25, 0.3) is 0 Å². The molecule has 1 heterocycles. The van der Waals surface area contributed by atoms with Gasteiger partial charge in [-0.1, -0.05) is 15.9 Å². The highest BCUT2D eigenvalue weighted by Gasteiger charge is 2.22. The van der Waals surface area contributed by atoms with Crippen molar-refractivity contribution >= 4 is 28.3 Å². The van der Waals surface area contributed by atoms with E-state index in [-0.39, 0.29) is 24.3 Å². The summed E-state index contributed by atoms with van der Waals surface area (Å²) in [6.07, 6.45) is 2.41. The minimum atomic E-state index is -0.288. The first-order valence-electron chi connectivity index (χ1n) is 7.11. The summed E-state index contributed by atoms with van der Waals surface area (Å²) in [7, 11) is 0. The average Bonchev–Trinajstić information content (AvgIpc) is 2.38. The molecule has 0 spiro atoms. The van der Waals surface area contributed by atoms with Crippen molar-refractivity contribution in [3.05, 3.63) is 28.5 Å².